The maximum Gasteiger partial charge on any atom is 0.323 e. The van der Waals surface area contributed by atoms with Crippen molar-refractivity contribution in [1.29, 1.82) is 0 Å². The summed E-state index contributed by atoms with van der Waals surface area (Å²) in [6.45, 7) is 6.18. The molecule has 0 aliphatic carbocycles. The number of nitrogens with one attached hydrogen (secondary N) is 2. The van der Waals surface area contributed by atoms with Crippen molar-refractivity contribution in [3.63, 3.8) is 0 Å². The number of benzene rings is 2. The summed E-state index contributed by atoms with van der Waals surface area (Å²) in [5, 5.41) is 16.3. The third kappa shape index (κ3) is 4.47. The molecule has 0 atom stereocenters. The Kier molecular flexibility index (Phi) is 5.26. The number of methoxy groups -OCH3 is 1. The molecule has 0 aromatic heterocycles. The molecule has 0 radical (unpaired) electrons. The number of non-ortho nitro benzene ring substituents is 1. The molecule has 2 aromatic carbocycles. The van der Waals surface area contributed by atoms with E-state index >= 15 is 0 Å². The molecule has 0 spiro atoms. The van der Waals surface area contributed by atoms with E-state index in [0.717, 1.165) is 5.56 Å². The maximum absolute atomic E-state index is 12.3. The van der Waals surface area contributed by atoms with E-state index in [2.05, 4.69) is 31.4 Å². The van der Waals surface area contributed by atoms with Crippen molar-refractivity contribution in [3.05, 3.63) is 58.1 Å². The molecule has 0 heterocycles. The number of carbonyl (C=O) groups is 1. The van der Waals surface area contributed by atoms with E-state index in [4.69, 9.17) is 4.74 Å². The number of nitrogens with zero attached hydrogens (tertiary/aromatic N) is 1. The number of carbonyl (C=O) groups excluding carboxylic acids is 1. The Hall–Kier alpha value is -3.09. The number of nitro benzene ring substituents is 1. The maximum atomic E-state index is 12.3. The summed E-state index contributed by atoms with van der Waals surface area (Å²) in [4.78, 5) is 22.6. The fraction of sp³-hybridized carbons (Fsp3) is 0.278. The van der Waals surface area contributed by atoms with E-state index in [0.29, 0.717) is 11.4 Å². The molecule has 2 rings (SSSR count). The molecule has 7 nitrogen and oxygen atoms in total. The summed E-state index contributed by atoms with van der Waals surface area (Å²) >= 11 is 0. The van der Waals surface area contributed by atoms with Crippen LogP contribution >= 0.6 is 0 Å². The normalized spacial score (nSPS) is 10.9. The van der Waals surface area contributed by atoms with Crippen LogP contribution in [-0.4, -0.2) is 18.1 Å². The number of ether oxygens (including phenoxy) is 1. The van der Waals surface area contributed by atoms with E-state index in [1.54, 1.807) is 0 Å². The van der Waals surface area contributed by atoms with Crippen molar-refractivity contribution in [3.8, 4) is 5.75 Å². The van der Waals surface area contributed by atoms with Crippen LogP contribution in [0, 0.1) is 10.1 Å². The smallest absolute Gasteiger partial charge is 0.323 e. The van der Waals surface area contributed by atoms with E-state index in [1.165, 1.54) is 25.3 Å². The first-order valence-corrected chi connectivity index (χ1v) is 7.72. The SMILES string of the molecule is COc1cc([N+](=O)[O-])ccc1NC(=O)Nc1ccccc1C(C)(C)C. The van der Waals surface area contributed by atoms with Gasteiger partial charge in [-0.1, -0.05) is 39.0 Å². The van der Waals surface area contributed by atoms with Gasteiger partial charge in [-0.05, 0) is 23.1 Å². The van der Waals surface area contributed by atoms with Gasteiger partial charge in [0.25, 0.3) is 5.69 Å². The van der Waals surface area contributed by atoms with Crippen LogP contribution in [0.25, 0.3) is 0 Å². The predicted molar refractivity (Wildman–Crippen MR) is 97.4 cm³/mol. The van der Waals surface area contributed by atoms with Gasteiger partial charge < -0.3 is 15.4 Å². The quantitative estimate of drug-likeness (QED) is 0.629. The van der Waals surface area contributed by atoms with Crippen LogP contribution in [0.5, 0.6) is 5.75 Å². The molecule has 0 fully saturated rings. The Bertz CT molecular complexity index is 797. The number of rotatable bonds is 4. The Balaban J connectivity index is 2.20. The van der Waals surface area contributed by atoms with Crippen LogP contribution in [0.2, 0.25) is 0 Å². The van der Waals surface area contributed by atoms with Crippen LogP contribution in [0.15, 0.2) is 42.5 Å². The van der Waals surface area contributed by atoms with Crippen LogP contribution < -0.4 is 15.4 Å². The first-order valence-electron chi connectivity index (χ1n) is 7.72. The number of amides is 2. The minimum atomic E-state index is -0.522. The molecule has 2 amide bonds. The number of urea groups is 1. The van der Waals surface area contributed by atoms with E-state index in [9.17, 15) is 14.9 Å². The van der Waals surface area contributed by atoms with Crippen molar-refractivity contribution in [2.45, 2.75) is 26.2 Å². The number of anilines is 2. The van der Waals surface area contributed by atoms with Crippen molar-refractivity contribution >= 4 is 23.1 Å². The highest BCUT2D eigenvalue weighted by Crippen LogP contribution is 2.31. The summed E-state index contributed by atoms with van der Waals surface area (Å²) < 4.78 is 5.12. The largest absolute Gasteiger partial charge is 0.494 e. The number of hydrogen-bond acceptors (Lipinski definition) is 4. The van der Waals surface area contributed by atoms with Gasteiger partial charge in [0.1, 0.15) is 5.75 Å². The minimum absolute atomic E-state index is 0.110. The first-order chi connectivity index (χ1) is 11.7. The minimum Gasteiger partial charge on any atom is -0.494 e. The third-order valence-corrected chi connectivity index (χ3v) is 3.63. The van der Waals surface area contributed by atoms with Crippen LogP contribution in [0.1, 0.15) is 26.3 Å². The van der Waals surface area contributed by atoms with Gasteiger partial charge in [-0.2, -0.15) is 0 Å². The highest BCUT2D eigenvalue weighted by atomic mass is 16.6. The van der Waals surface area contributed by atoms with Gasteiger partial charge in [0.15, 0.2) is 0 Å². The first kappa shape index (κ1) is 18.3. The van der Waals surface area contributed by atoms with Gasteiger partial charge in [-0.25, -0.2) is 4.79 Å². The monoisotopic (exact) mass is 343 g/mol. The third-order valence-electron chi connectivity index (χ3n) is 3.63. The molecular weight excluding hydrogens is 322 g/mol. The summed E-state index contributed by atoms with van der Waals surface area (Å²) in [7, 11) is 1.39. The second-order valence-electron chi connectivity index (χ2n) is 6.52. The van der Waals surface area contributed by atoms with Crippen molar-refractivity contribution in [2.75, 3.05) is 17.7 Å². The van der Waals surface area contributed by atoms with Gasteiger partial charge in [0.05, 0.1) is 23.8 Å². The van der Waals surface area contributed by atoms with Crippen molar-refractivity contribution in [1.82, 2.24) is 0 Å². The Morgan fingerprint density at radius 1 is 1.08 bits per heavy atom. The molecule has 0 saturated heterocycles. The van der Waals surface area contributed by atoms with Gasteiger partial charge in [0.2, 0.25) is 0 Å². The fourth-order valence-electron chi connectivity index (χ4n) is 2.42. The molecule has 2 N–H and O–H groups in total. The Morgan fingerprint density at radius 3 is 2.32 bits per heavy atom. The molecule has 0 bridgehead atoms. The lowest BCUT2D eigenvalue weighted by Gasteiger charge is -2.23. The molecule has 25 heavy (non-hydrogen) atoms. The lowest BCUT2D eigenvalue weighted by atomic mass is 9.86. The average Bonchev–Trinajstić information content (AvgIpc) is 2.54. The number of para-hydroxylation sites is 1. The molecule has 2 aromatic rings. The number of hydrogen-bond donors (Lipinski definition) is 2. The van der Waals surface area contributed by atoms with E-state index in [1.807, 2.05) is 24.3 Å². The van der Waals surface area contributed by atoms with Gasteiger partial charge in [-0.15, -0.1) is 0 Å². The van der Waals surface area contributed by atoms with E-state index in [-0.39, 0.29) is 16.9 Å². The van der Waals surface area contributed by atoms with E-state index < -0.39 is 11.0 Å². The van der Waals surface area contributed by atoms with Gasteiger partial charge >= 0.3 is 6.03 Å². The van der Waals surface area contributed by atoms with Gasteiger partial charge in [-0.3, -0.25) is 10.1 Å². The molecule has 132 valence electrons. The molecule has 0 saturated carbocycles. The van der Waals surface area contributed by atoms with Crippen LogP contribution in [-0.2, 0) is 5.41 Å². The lowest BCUT2D eigenvalue weighted by molar-refractivity contribution is -0.384. The fourth-order valence-corrected chi connectivity index (χ4v) is 2.42. The summed E-state index contributed by atoms with van der Waals surface area (Å²) in [6.07, 6.45) is 0. The molecule has 7 heteroatoms. The summed E-state index contributed by atoms with van der Waals surface area (Å²) in [6, 6.07) is 11.1. The number of nitro groups is 1. The van der Waals surface area contributed by atoms with Crippen LogP contribution in [0.3, 0.4) is 0 Å². The summed E-state index contributed by atoms with van der Waals surface area (Å²) in [5.41, 5.74) is 1.81. The Labute approximate surface area is 146 Å². The van der Waals surface area contributed by atoms with Crippen LogP contribution in [0.4, 0.5) is 21.9 Å². The molecule has 0 aliphatic heterocycles. The second-order valence-corrected chi connectivity index (χ2v) is 6.52. The summed E-state index contributed by atoms with van der Waals surface area (Å²) in [5.74, 6) is 0.216. The topological polar surface area (TPSA) is 93.5 Å². The zero-order chi connectivity index (χ0) is 18.6. The molecular formula is C18H21N3O4. The molecule has 0 aliphatic rings. The zero-order valence-corrected chi connectivity index (χ0v) is 14.6. The standard InChI is InChI=1S/C18H21N3O4/c1-18(2,3)13-7-5-6-8-14(13)19-17(22)20-15-10-9-12(21(23)24)11-16(15)25-4/h5-11H,1-4H3,(H2,19,20,22). The van der Waals surface area contributed by atoms with Gasteiger partial charge in [0, 0.05) is 11.8 Å². The lowest BCUT2D eigenvalue weighted by Crippen LogP contribution is -2.23. The highest BCUT2D eigenvalue weighted by Gasteiger charge is 2.19. The van der Waals surface area contributed by atoms with Crippen molar-refractivity contribution in [2.24, 2.45) is 0 Å². The second kappa shape index (κ2) is 7.21. The highest BCUT2D eigenvalue weighted by molar-refractivity contribution is 6.01. The average molecular weight is 343 g/mol. The Morgan fingerprint density at radius 2 is 1.72 bits per heavy atom. The van der Waals surface area contributed by atoms with Crippen molar-refractivity contribution < 1.29 is 14.5 Å². The molecule has 0 unspecified atom stereocenters. The predicted octanol–water partition coefficient (Wildman–Crippen LogP) is 4.54. The zero-order valence-electron chi connectivity index (χ0n) is 14.6.